The Hall–Kier alpha value is -2.97. The largest absolute Gasteiger partial charge is 0.333 e. The molecule has 2 unspecified atom stereocenters. The lowest BCUT2D eigenvalue weighted by atomic mass is 10.0. The monoisotopic (exact) mass is 555 g/mol. The van der Waals surface area contributed by atoms with Crippen LogP contribution in [-0.2, 0) is 10.0 Å². The van der Waals surface area contributed by atoms with Crippen molar-refractivity contribution in [2.45, 2.75) is 30.8 Å². The Morgan fingerprint density at radius 3 is 2.16 bits per heavy atom. The number of carbonyl (C=O) groups is 1. The molecule has 1 amide bonds. The molecule has 1 aliphatic heterocycles. The summed E-state index contributed by atoms with van der Waals surface area (Å²) in [6, 6.07) is 21.1. The molecule has 2 atom stereocenters. The van der Waals surface area contributed by atoms with E-state index in [0.29, 0.717) is 17.1 Å². The minimum atomic E-state index is -3.74. The Kier molecular flexibility index (Phi) is 7.90. The molecule has 1 aromatic heterocycles. The number of sulfonamides is 1. The normalized spacial score (nSPS) is 18.4. The molecule has 0 spiro atoms. The highest BCUT2D eigenvalue weighted by atomic mass is 35.5. The van der Waals surface area contributed by atoms with Gasteiger partial charge in [-0.15, -0.1) is 12.4 Å². The maximum absolute atomic E-state index is 13.6. The summed E-state index contributed by atoms with van der Waals surface area (Å²) >= 11 is 6.06. The number of rotatable bonds is 4. The average molecular weight is 557 g/mol. The third kappa shape index (κ3) is 5.22. The van der Waals surface area contributed by atoms with E-state index in [1.54, 1.807) is 41.6 Å². The molecule has 37 heavy (non-hydrogen) atoms. The van der Waals surface area contributed by atoms with Crippen LogP contribution in [-0.4, -0.2) is 53.7 Å². The van der Waals surface area contributed by atoms with E-state index in [4.69, 9.17) is 11.6 Å². The number of nitrogens with zero attached hydrogens (tertiary/aromatic N) is 3. The number of hydrogen-bond donors (Lipinski definition) is 0. The quantitative estimate of drug-likeness (QED) is 0.314. The fourth-order valence-corrected chi connectivity index (χ4v) is 6.65. The van der Waals surface area contributed by atoms with E-state index in [1.165, 1.54) is 4.31 Å². The van der Waals surface area contributed by atoms with Crippen molar-refractivity contribution in [3.05, 3.63) is 95.8 Å². The third-order valence-electron chi connectivity index (χ3n) is 6.99. The SMILES string of the molecule is CC1C(C)N(S(=O)(=O)c2ccc3cc(Cl)ccc3c2)CCN1C(=O)c1ccc(-c2ccncc2)cc1.Cl. The van der Waals surface area contributed by atoms with Gasteiger partial charge in [-0.05, 0) is 84.3 Å². The molecule has 1 aliphatic rings. The second kappa shape index (κ2) is 10.8. The summed E-state index contributed by atoms with van der Waals surface area (Å²) in [6.07, 6.45) is 3.47. The molecule has 0 radical (unpaired) electrons. The first-order valence-corrected chi connectivity index (χ1v) is 13.6. The van der Waals surface area contributed by atoms with E-state index in [2.05, 4.69) is 4.98 Å². The van der Waals surface area contributed by atoms with Crippen LogP contribution in [0, 0.1) is 0 Å². The van der Waals surface area contributed by atoms with Gasteiger partial charge in [-0.2, -0.15) is 4.31 Å². The molecule has 0 aliphatic carbocycles. The van der Waals surface area contributed by atoms with Gasteiger partial charge in [0.1, 0.15) is 0 Å². The second-order valence-corrected chi connectivity index (χ2v) is 11.4. The van der Waals surface area contributed by atoms with Crippen LogP contribution in [0.1, 0.15) is 24.2 Å². The number of carbonyl (C=O) groups excluding carboxylic acids is 1. The van der Waals surface area contributed by atoms with Gasteiger partial charge >= 0.3 is 0 Å². The van der Waals surface area contributed by atoms with Crippen LogP contribution in [0.4, 0.5) is 0 Å². The van der Waals surface area contributed by atoms with Gasteiger partial charge in [-0.3, -0.25) is 9.78 Å². The number of aromatic nitrogens is 1. The summed E-state index contributed by atoms with van der Waals surface area (Å²) in [6.45, 7) is 4.30. The molecular formula is C28H27Cl2N3O3S. The molecule has 3 aromatic carbocycles. The molecule has 1 saturated heterocycles. The number of fused-ring (bicyclic) bond motifs is 1. The summed E-state index contributed by atoms with van der Waals surface area (Å²) in [7, 11) is -3.74. The van der Waals surface area contributed by atoms with Gasteiger partial charge in [-0.25, -0.2) is 8.42 Å². The predicted octanol–water partition coefficient (Wildman–Crippen LogP) is 5.90. The Morgan fingerprint density at radius 1 is 0.838 bits per heavy atom. The number of piperazine rings is 1. The maximum atomic E-state index is 13.6. The Bertz CT molecular complexity index is 1530. The zero-order chi connectivity index (χ0) is 25.4. The molecule has 1 fully saturated rings. The van der Waals surface area contributed by atoms with Gasteiger partial charge < -0.3 is 4.90 Å². The second-order valence-electron chi connectivity index (χ2n) is 9.06. The molecule has 0 N–H and O–H groups in total. The maximum Gasteiger partial charge on any atom is 0.254 e. The third-order valence-corrected chi connectivity index (χ3v) is 9.21. The van der Waals surface area contributed by atoms with E-state index >= 15 is 0 Å². The minimum absolute atomic E-state index is 0. The first-order chi connectivity index (χ1) is 17.3. The fraction of sp³-hybridized carbons (Fsp3) is 0.214. The van der Waals surface area contributed by atoms with Gasteiger partial charge in [0, 0.05) is 48.2 Å². The van der Waals surface area contributed by atoms with E-state index in [9.17, 15) is 13.2 Å². The molecule has 9 heteroatoms. The first kappa shape index (κ1) is 27.1. The lowest BCUT2D eigenvalue weighted by Gasteiger charge is -2.44. The van der Waals surface area contributed by atoms with Crippen molar-refractivity contribution in [1.82, 2.24) is 14.2 Å². The lowest BCUT2D eigenvalue weighted by Crippen LogP contribution is -2.60. The number of pyridine rings is 1. The van der Waals surface area contributed by atoms with Crippen molar-refractivity contribution >= 4 is 50.7 Å². The summed E-state index contributed by atoms with van der Waals surface area (Å²) < 4.78 is 28.6. The van der Waals surface area contributed by atoms with Gasteiger partial charge in [0.15, 0.2) is 0 Å². The minimum Gasteiger partial charge on any atom is -0.333 e. The highest BCUT2D eigenvalue weighted by molar-refractivity contribution is 7.89. The standard InChI is InChI=1S/C28H26ClN3O3S.ClH/c1-19-20(2)32(36(34,35)27-10-8-24-17-26(29)9-7-25(24)18-27)16-15-31(19)28(33)23-5-3-21(4-6-23)22-11-13-30-14-12-22;/h3-14,17-20H,15-16H2,1-2H3;1H. The van der Waals surface area contributed by atoms with Gasteiger partial charge in [0.2, 0.25) is 10.0 Å². The van der Waals surface area contributed by atoms with Crippen molar-refractivity contribution in [3.63, 3.8) is 0 Å². The summed E-state index contributed by atoms with van der Waals surface area (Å²) in [4.78, 5) is 19.4. The molecule has 192 valence electrons. The summed E-state index contributed by atoms with van der Waals surface area (Å²) in [5, 5.41) is 2.30. The molecule has 0 bridgehead atoms. The topological polar surface area (TPSA) is 70.6 Å². The highest BCUT2D eigenvalue weighted by Gasteiger charge is 2.40. The zero-order valence-electron chi connectivity index (χ0n) is 20.4. The van der Waals surface area contributed by atoms with Crippen molar-refractivity contribution in [3.8, 4) is 11.1 Å². The number of hydrogen-bond acceptors (Lipinski definition) is 4. The smallest absolute Gasteiger partial charge is 0.254 e. The van der Waals surface area contributed by atoms with Crippen LogP contribution in [0.3, 0.4) is 0 Å². The first-order valence-electron chi connectivity index (χ1n) is 11.8. The van der Waals surface area contributed by atoms with Crippen molar-refractivity contribution < 1.29 is 13.2 Å². The molecule has 2 heterocycles. The van der Waals surface area contributed by atoms with Crippen LogP contribution >= 0.6 is 24.0 Å². The highest BCUT2D eigenvalue weighted by Crippen LogP contribution is 2.29. The van der Waals surface area contributed by atoms with Gasteiger partial charge in [-0.1, -0.05) is 35.9 Å². The van der Waals surface area contributed by atoms with Crippen LogP contribution in [0.2, 0.25) is 5.02 Å². The van der Waals surface area contributed by atoms with E-state index in [0.717, 1.165) is 21.9 Å². The lowest BCUT2D eigenvalue weighted by molar-refractivity contribution is 0.0482. The van der Waals surface area contributed by atoms with Gasteiger partial charge in [0.05, 0.1) is 4.90 Å². The molecule has 6 nitrogen and oxygen atoms in total. The van der Waals surface area contributed by atoms with E-state index < -0.39 is 10.0 Å². The van der Waals surface area contributed by atoms with Crippen LogP contribution in [0.15, 0.2) is 90.1 Å². The van der Waals surface area contributed by atoms with E-state index in [1.807, 2.05) is 62.4 Å². The van der Waals surface area contributed by atoms with Crippen molar-refractivity contribution in [1.29, 1.82) is 0 Å². The van der Waals surface area contributed by atoms with Crippen LogP contribution < -0.4 is 0 Å². The van der Waals surface area contributed by atoms with Gasteiger partial charge in [0.25, 0.3) is 5.91 Å². The van der Waals surface area contributed by atoms with E-state index in [-0.39, 0.29) is 41.8 Å². The summed E-state index contributed by atoms with van der Waals surface area (Å²) in [5.74, 6) is -0.102. The predicted molar refractivity (Wildman–Crippen MR) is 150 cm³/mol. The Labute approximate surface area is 228 Å². The summed E-state index contributed by atoms with van der Waals surface area (Å²) in [5.41, 5.74) is 2.61. The molecule has 0 saturated carbocycles. The average Bonchev–Trinajstić information content (AvgIpc) is 2.90. The van der Waals surface area contributed by atoms with Crippen LogP contribution in [0.25, 0.3) is 21.9 Å². The molecular weight excluding hydrogens is 529 g/mol. The van der Waals surface area contributed by atoms with Crippen LogP contribution in [0.5, 0.6) is 0 Å². The van der Waals surface area contributed by atoms with Crippen molar-refractivity contribution in [2.75, 3.05) is 13.1 Å². The number of benzene rings is 3. The molecule has 4 aromatic rings. The Balaban J connectivity index is 0.00000320. The fourth-order valence-electron chi connectivity index (χ4n) is 4.75. The Morgan fingerprint density at radius 2 is 1.46 bits per heavy atom. The number of halogens is 2. The zero-order valence-corrected chi connectivity index (χ0v) is 22.8. The van der Waals surface area contributed by atoms with Crippen molar-refractivity contribution in [2.24, 2.45) is 0 Å². The number of amides is 1. The molecule has 5 rings (SSSR count).